The van der Waals surface area contributed by atoms with Crippen LogP contribution in [0.15, 0.2) is 42.5 Å². The van der Waals surface area contributed by atoms with E-state index in [4.69, 9.17) is 4.74 Å². The second-order valence-electron chi connectivity index (χ2n) is 6.81. The quantitative estimate of drug-likeness (QED) is 0.339. The summed E-state index contributed by atoms with van der Waals surface area (Å²) in [5, 5.41) is 9.95. The number of aliphatic hydroxyl groups is 1. The number of aliphatic hydroxyl groups excluding tert-OH is 1. The van der Waals surface area contributed by atoms with Gasteiger partial charge < -0.3 is 9.84 Å². The molecule has 1 N–H and O–H groups in total. The number of unbranched alkanes of at least 4 members (excludes halogenated alkanes) is 3. The zero-order valence-corrected chi connectivity index (χ0v) is 15.6. The second-order valence-corrected chi connectivity index (χ2v) is 6.81. The van der Waals surface area contributed by atoms with E-state index in [1.165, 1.54) is 18.4 Å². The highest BCUT2D eigenvalue weighted by Gasteiger charge is 2.05. The maximum absolute atomic E-state index is 9.95. The standard InChI is InChI=1S/C22H36O2/c1-3-4-7-15-22(23)17-16-20(2)12-8-6-11-18-24-19-21-13-9-5-10-14-21/h5,8-10,12-14,20,22-23H,3-4,6-7,11,15-19H2,1-2H3/b12-8+/t20-,22-/m1/s1. The number of allylic oxidation sites excluding steroid dienone is 2. The summed E-state index contributed by atoms with van der Waals surface area (Å²) >= 11 is 0. The van der Waals surface area contributed by atoms with E-state index in [0.717, 1.165) is 45.1 Å². The first-order chi connectivity index (χ1) is 11.7. The molecule has 0 unspecified atom stereocenters. The zero-order chi connectivity index (χ0) is 17.5. The molecule has 0 saturated carbocycles. The van der Waals surface area contributed by atoms with Crippen molar-refractivity contribution in [2.75, 3.05) is 6.61 Å². The molecule has 0 spiro atoms. The van der Waals surface area contributed by atoms with Gasteiger partial charge in [0.05, 0.1) is 12.7 Å². The summed E-state index contributed by atoms with van der Waals surface area (Å²) in [7, 11) is 0. The van der Waals surface area contributed by atoms with Crippen molar-refractivity contribution in [2.24, 2.45) is 5.92 Å². The average Bonchev–Trinajstić information content (AvgIpc) is 2.60. The monoisotopic (exact) mass is 332 g/mol. The summed E-state index contributed by atoms with van der Waals surface area (Å²) < 4.78 is 5.69. The van der Waals surface area contributed by atoms with E-state index in [-0.39, 0.29) is 6.10 Å². The van der Waals surface area contributed by atoms with Crippen molar-refractivity contribution < 1.29 is 9.84 Å². The predicted molar refractivity (Wildman–Crippen MR) is 103 cm³/mol. The minimum atomic E-state index is -0.112. The Morgan fingerprint density at radius 1 is 1.04 bits per heavy atom. The number of benzene rings is 1. The Kier molecular flexibility index (Phi) is 12.4. The van der Waals surface area contributed by atoms with Crippen LogP contribution < -0.4 is 0 Å². The molecule has 1 aromatic carbocycles. The molecule has 0 fully saturated rings. The molecule has 1 rings (SSSR count). The van der Waals surface area contributed by atoms with Crippen LogP contribution in [-0.4, -0.2) is 17.8 Å². The maximum atomic E-state index is 9.95. The van der Waals surface area contributed by atoms with Crippen LogP contribution in [0.2, 0.25) is 0 Å². The van der Waals surface area contributed by atoms with Gasteiger partial charge in [-0.05, 0) is 43.6 Å². The van der Waals surface area contributed by atoms with Crippen molar-refractivity contribution in [1.29, 1.82) is 0 Å². The predicted octanol–water partition coefficient (Wildman–Crippen LogP) is 5.90. The minimum absolute atomic E-state index is 0.112. The van der Waals surface area contributed by atoms with E-state index in [1.54, 1.807) is 0 Å². The van der Waals surface area contributed by atoms with Crippen molar-refractivity contribution in [3.05, 3.63) is 48.0 Å². The first-order valence-electron chi connectivity index (χ1n) is 9.68. The summed E-state index contributed by atoms with van der Waals surface area (Å²) in [4.78, 5) is 0. The lowest BCUT2D eigenvalue weighted by atomic mass is 9.99. The van der Waals surface area contributed by atoms with Crippen LogP contribution in [0.4, 0.5) is 0 Å². The van der Waals surface area contributed by atoms with Gasteiger partial charge in [0.25, 0.3) is 0 Å². The molecular weight excluding hydrogens is 296 g/mol. The van der Waals surface area contributed by atoms with Crippen LogP contribution in [0.5, 0.6) is 0 Å². The number of hydrogen-bond donors (Lipinski definition) is 1. The van der Waals surface area contributed by atoms with E-state index < -0.39 is 0 Å². The van der Waals surface area contributed by atoms with Crippen LogP contribution in [0.1, 0.15) is 70.8 Å². The molecule has 0 saturated heterocycles. The summed E-state index contributed by atoms with van der Waals surface area (Å²) in [5.74, 6) is 0.552. The third-order valence-electron chi connectivity index (χ3n) is 4.33. The number of hydrogen-bond acceptors (Lipinski definition) is 2. The maximum Gasteiger partial charge on any atom is 0.0716 e. The molecule has 0 aliphatic heterocycles. The summed E-state index contributed by atoms with van der Waals surface area (Å²) in [6.07, 6.45) is 13.2. The molecule has 2 nitrogen and oxygen atoms in total. The molecular formula is C22H36O2. The summed E-state index contributed by atoms with van der Waals surface area (Å²) in [5.41, 5.74) is 1.24. The number of rotatable bonds is 14. The smallest absolute Gasteiger partial charge is 0.0716 e. The van der Waals surface area contributed by atoms with Crippen molar-refractivity contribution in [3.63, 3.8) is 0 Å². The Labute approximate surface area is 148 Å². The fourth-order valence-corrected chi connectivity index (χ4v) is 2.72. The van der Waals surface area contributed by atoms with Gasteiger partial charge in [-0.15, -0.1) is 0 Å². The Morgan fingerprint density at radius 2 is 1.83 bits per heavy atom. The Bertz CT molecular complexity index is 413. The SMILES string of the molecule is CCCCC[C@@H](O)CC[C@H](C)/C=C/CCCOCc1ccccc1. The van der Waals surface area contributed by atoms with Crippen LogP contribution in [-0.2, 0) is 11.3 Å². The fourth-order valence-electron chi connectivity index (χ4n) is 2.72. The Morgan fingerprint density at radius 3 is 2.58 bits per heavy atom. The largest absolute Gasteiger partial charge is 0.393 e. The molecule has 1 aromatic rings. The van der Waals surface area contributed by atoms with Crippen LogP contribution in [0.3, 0.4) is 0 Å². The van der Waals surface area contributed by atoms with E-state index in [2.05, 4.69) is 38.1 Å². The lowest BCUT2D eigenvalue weighted by Gasteiger charge is -2.12. The summed E-state index contributed by atoms with van der Waals surface area (Å²) in [6, 6.07) is 10.3. The second kappa shape index (κ2) is 14.2. The van der Waals surface area contributed by atoms with Crippen LogP contribution >= 0.6 is 0 Å². The van der Waals surface area contributed by atoms with Gasteiger partial charge in [-0.3, -0.25) is 0 Å². The Hall–Kier alpha value is -1.12. The lowest BCUT2D eigenvalue weighted by Crippen LogP contribution is -2.07. The molecule has 0 amide bonds. The Balaban J connectivity index is 1.97. The highest BCUT2D eigenvalue weighted by Crippen LogP contribution is 2.14. The molecule has 0 radical (unpaired) electrons. The molecule has 0 heterocycles. The molecule has 0 aromatic heterocycles. The third-order valence-corrected chi connectivity index (χ3v) is 4.33. The molecule has 2 heteroatoms. The van der Waals surface area contributed by atoms with E-state index in [1.807, 2.05) is 18.2 Å². The van der Waals surface area contributed by atoms with Gasteiger partial charge in [0.1, 0.15) is 0 Å². The zero-order valence-electron chi connectivity index (χ0n) is 15.6. The molecule has 136 valence electrons. The van der Waals surface area contributed by atoms with Crippen LogP contribution in [0, 0.1) is 5.92 Å². The van der Waals surface area contributed by atoms with Gasteiger partial charge in [0.15, 0.2) is 0 Å². The van der Waals surface area contributed by atoms with Crippen molar-refractivity contribution in [1.82, 2.24) is 0 Å². The normalized spacial score (nSPS) is 14.1. The fraction of sp³-hybridized carbons (Fsp3) is 0.636. The van der Waals surface area contributed by atoms with Gasteiger partial charge in [-0.1, -0.05) is 75.6 Å². The third kappa shape index (κ3) is 11.4. The van der Waals surface area contributed by atoms with Crippen LogP contribution in [0.25, 0.3) is 0 Å². The van der Waals surface area contributed by atoms with Gasteiger partial charge in [0, 0.05) is 6.61 Å². The highest BCUT2D eigenvalue weighted by atomic mass is 16.5. The van der Waals surface area contributed by atoms with Gasteiger partial charge >= 0.3 is 0 Å². The van der Waals surface area contributed by atoms with Crippen molar-refractivity contribution in [2.45, 2.75) is 77.9 Å². The summed E-state index contributed by atoms with van der Waals surface area (Å²) in [6.45, 7) is 5.95. The average molecular weight is 333 g/mol. The molecule has 0 aliphatic carbocycles. The first-order valence-corrected chi connectivity index (χ1v) is 9.68. The lowest BCUT2D eigenvalue weighted by molar-refractivity contribution is 0.119. The minimum Gasteiger partial charge on any atom is -0.393 e. The van der Waals surface area contributed by atoms with Gasteiger partial charge in [-0.25, -0.2) is 0 Å². The van der Waals surface area contributed by atoms with Gasteiger partial charge in [0.2, 0.25) is 0 Å². The van der Waals surface area contributed by atoms with E-state index in [9.17, 15) is 5.11 Å². The van der Waals surface area contributed by atoms with Gasteiger partial charge in [-0.2, -0.15) is 0 Å². The molecule has 0 bridgehead atoms. The van der Waals surface area contributed by atoms with E-state index >= 15 is 0 Å². The van der Waals surface area contributed by atoms with Crippen molar-refractivity contribution >= 4 is 0 Å². The van der Waals surface area contributed by atoms with E-state index in [0.29, 0.717) is 12.5 Å². The highest BCUT2D eigenvalue weighted by molar-refractivity contribution is 5.13. The first kappa shape index (κ1) is 20.9. The molecule has 2 atom stereocenters. The number of ether oxygens (including phenoxy) is 1. The topological polar surface area (TPSA) is 29.5 Å². The molecule has 0 aliphatic rings. The molecule has 24 heavy (non-hydrogen) atoms. The van der Waals surface area contributed by atoms with Crippen molar-refractivity contribution in [3.8, 4) is 0 Å².